The Morgan fingerprint density at radius 2 is 1.95 bits per heavy atom. The Balaban J connectivity index is 1.30. The molecule has 5 aromatic rings. The van der Waals surface area contributed by atoms with Crippen molar-refractivity contribution in [1.82, 2.24) is 20.0 Å². The number of hydrogen-bond acceptors (Lipinski definition) is 7. The van der Waals surface area contributed by atoms with Crippen LogP contribution in [0.3, 0.4) is 0 Å². The van der Waals surface area contributed by atoms with Gasteiger partial charge >= 0.3 is 5.97 Å². The van der Waals surface area contributed by atoms with E-state index in [1.807, 2.05) is 42.5 Å². The fraction of sp³-hybridized carbons (Fsp3) is 0.0357. The molecule has 0 spiro atoms. The zero-order valence-corrected chi connectivity index (χ0v) is 21.4. The van der Waals surface area contributed by atoms with Gasteiger partial charge in [-0.1, -0.05) is 34.1 Å². The van der Waals surface area contributed by atoms with Gasteiger partial charge in [0, 0.05) is 22.3 Å². The molecule has 0 aliphatic heterocycles. The maximum atomic E-state index is 12.8. The molecule has 1 N–H and O–H groups in total. The number of para-hydroxylation sites is 2. The minimum absolute atomic E-state index is 0.0261. The molecule has 9 nitrogen and oxygen atoms in total. The second kappa shape index (κ2) is 11.5. The molecule has 10 heteroatoms. The topological polar surface area (TPSA) is 112 Å². The van der Waals surface area contributed by atoms with E-state index >= 15 is 0 Å². The van der Waals surface area contributed by atoms with E-state index in [1.165, 1.54) is 24.6 Å². The fourth-order valence-corrected chi connectivity index (χ4v) is 4.05. The van der Waals surface area contributed by atoms with Crippen molar-refractivity contribution in [3.63, 3.8) is 0 Å². The summed E-state index contributed by atoms with van der Waals surface area (Å²) in [4.78, 5) is 34.2. The van der Waals surface area contributed by atoms with Crippen LogP contribution in [-0.2, 0) is 16.1 Å². The van der Waals surface area contributed by atoms with Crippen molar-refractivity contribution in [2.75, 3.05) is 0 Å². The van der Waals surface area contributed by atoms with E-state index in [1.54, 1.807) is 41.1 Å². The Morgan fingerprint density at radius 1 is 1.08 bits per heavy atom. The van der Waals surface area contributed by atoms with Crippen molar-refractivity contribution in [1.29, 1.82) is 0 Å². The molecule has 0 aliphatic carbocycles. The monoisotopic (exact) mass is 569 g/mol. The van der Waals surface area contributed by atoms with Crippen LogP contribution >= 0.6 is 15.9 Å². The summed E-state index contributed by atoms with van der Waals surface area (Å²) >= 11 is 3.40. The zero-order chi connectivity index (χ0) is 26.3. The number of imidazole rings is 1. The van der Waals surface area contributed by atoms with Gasteiger partial charge in [-0.05, 0) is 60.7 Å². The number of aromatic nitrogens is 3. The maximum Gasteiger partial charge on any atom is 0.336 e. The quantitative estimate of drug-likeness (QED) is 0.0900. The van der Waals surface area contributed by atoms with Gasteiger partial charge in [-0.3, -0.25) is 9.78 Å². The van der Waals surface area contributed by atoms with Crippen molar-refractivity contribution in [3.8, 4) is 17.3 Å². The SMILES string of the molecule is O=C(Cn1c(-c2ccccn2)nc2ccccc21)N/N=C\c1cc(Br)ccc1OC(=O)/C=C/c1ccco1. The van der Waals surface area contributed by atoms with Gasteiger partial charge in [-0.2, -0.15) is 5.10 Å². The molecule has 0 fully saturated rings. The van der Waals surface area contributed by atoms with Gasteiger partial charge in [-0.15, -0.1) is 0 Å². The van der Waals surface area contributed by atoms with Crippen molar-refractivity contribution < 1.29 is 18.7 Å². The third-order valence-corrected chi connectivity index (χ3v) is 5.85. The number of pyridine rings is 1. The lowest BCUT2D eigenvalue weighted by atomic mass is 10.2. The number of amides is 1. The minimum atomic E-state index is -0.587. The number of benzene rings is 2. The first-order chi connectivity index (χ1) is 18.6. The van der Waals surface area contributed by atoms with Crippen LogP contribution in [-0.4, -0.2) is 32.6 Å². The summed E-state index contributed by atoms with van der Waals surface area (Å²) in [6, 6.07) is 21.6. The number of rotatable bonds is 8. The van der Waals surface area contributed by atoms with Crippen LogP contribution in [0.5, 0.6) is 5.75 Å². The molecule has 5 rings (SSSR count). The third kappa shape index (κ3) is 5.93. The van der Waals surface area contributed by atoms with E-state index in [0.717, 1.165) is 15.5 Å². The highest BCUT2D eigenvalue weighted by molar-refractivity contribution is 9.10. The van der Waals surface area contributed by atoms with Gasteiger partial charge in [0.15, 0.2) is 5.82 Å². The standard InChI is InChI=1S/C28H20BrN5O4/c29-20-10-12-25(38-27(36)13-11-21-6-5-15-37-21)19(16-20)17-31-33-26(35)18-34-24-9-2-1-7-22(24)32-28(34)23-8-3-4-14-30-23/h1-17H,18H2,(H,33,35)/b13-11+,31-17-. The molecule has 2 aromatic carbocycles. The lowest BCUT2D eigenvalue weighted by molar-refractivity contribution is -0.129. The van der Waals surface area contributed by atoms with E-state index in [0.29, 0.717) is 22.8 Å². The number of hydrazone groups is 1. The van der Waals surface area contributed by atoms with Crippen LogP contribution in [0.25, 0.3) is 28.6 Å². The predicted molar refractivity (Wildman–Crippen MR) is 146 cm³/mol. The van der Waals surface area contributed by atoms with Crippen LogP contribution in [0.15, 0.2) is 105 Å². The number of nitrogens with zero attached hydrogens (tertiary/aromatic N) is 4. The number of fused-ring (bicyclic) bond motifs is 1. The molecular formula is C28H20BrN5O4. The first kappa shape index (κ1) is 24.8. The molecule has 0 radical (unpaired) electrons. The van der Waals surface area contributed by atoms with Crippen LogP contribution in [0.1, 0.15) is 11.3 Å². The molecule has 0 atom stereocenters. The van der Waals surface area contributed by atoms with Crippen molar-refractivity contribution in [2.24, 2.45) is 5.10 Å². The molecule has 0 aliphatic rings. The number of carbonyl (C=O) groups excluding carboxylic acids is 2. The normalized spacial score (nSPS) is 11.4. The van der Waals surface area contributed by atoms with Crippen LogP contribution in [0, 0.1) is 0 Å². The maximum absolute atomic E-state index is 12.8. The Hall–Kier alpha value is -4.83. The average molecular weight is 570 g/mol. The predicted octanol–water partition coefficient (Wildman–Crippen LogP) is 5.22. The zero-order valence-electron chi connectivity index (χ0n) is 19.8. The number of ether oxygens (including phenoxy) is 1. The van der Waals surface area contributed by atoms with Gasteiger partial charge in [0.2, 0.25) is 0 Å². The molecule has 3 heterocycles. The molecule has 1 amide bonds. The summed E-state index contributed by atoms with van der Waals surface area (Å²) in [5, 5.41) is 4.08. The molecule has 0 saturated heterocycles. The Morgan fingerprint density at radius 3 is 2.76 bits per heavy atom. The molecule has 188 valence electrons. The van der Waals surface area contributed by atoms with Crippen LogP contribution in [0.2, 0.25) is 0 Å². The summed E-state index contributed by atoms with van der Waals surface area (Å²) in [6.45, 7) is -0.0261. The van der Waals surface area contributed by atoms with Crippen LogP contribution in [0.4, 0.5) is 0 Å². The number of hydrogen-bond donors (Lipinski definition) is 1. The summed E-state index contributed by atoms with van der Waals surface area (Å²) < 4.78 is 13.2. The molecular weight excluding hydrogens is 550 g/mol. The highest BCUT2D eigenvalue weighted by atomic mass is 79.9. The second-order valence-electron chi connectivity index (χ2n) is 7.97. The molecule has 38 heavy (non-hydrogen) atoms. The summed E-state index contributed by atoms with van der Waals surface area (Å²) in [5.74, 6) is 0.431. The van der Waals surface area contributed by atoms with Gasteiger partial charge in [-0.25, -0.2) is 15.2 Å². The Bertz CT molecular complexity index is 1640. The van der Waals surface area contributed by atoms with Crippen molar-refractivity contribution in [3.05, 3.63) is 107 Å². The second-order valence-corrected chi connectivity index (χ2v) is 8.89. The summed E-state index contributed by atoms with van der Waals surface area (Å²) in [5.41, 5.74) is 5.24. The Labute approximate surface area is 225 Å². The minimum Gasteiger partial charge on any atom is -0.465 e. The van der Waals surface area contributed by atoms with Gasteiger partial charge < -0.3 is 13.7 Å². The number of nitrogens with one attached hydrogen (secondary N) is 1. The summed E-state index contributed by atoms with van der Waals surface area (Å²) in [6.07, 6.45) is 7.37. The first-order valence-corrected chi connectivity index (χ1v) is 12.3. The van der Waals surface area contributed by atoms with E-state index in [9.17, 15) is 9.59 Å². The van der Waals surface area contributed by atoms with E-state index in [2.05, 4.69) is 36.4 Å². The number of furan rings is 1. The van der Waals surface area contributed by atoms with Crippen molar-refractivity contribution in [2.45, 2.75) is 6.54 Å². The summed E-state index contributed by atoms with van der Waals surface area (Å²) in [7, 11) is 0. The molecule has 0 saturated carbocycles. The lowest BCUT2D eigenvalue weighted by Crippen LogP contribution is -2.23. The lowest BCUT2D eigenvalue weighted by Gasteiger charge is -2.08. The molecule has 0 unspecified atom stereocenters. The van der Waals surface area contributed by atoms with Crippen molar-refractivity contribution >= 4 is 51.1 Å². The van der Waals surface area contributed by atoms with Crippen LogP contribution < -0.4 is 10.2 Å². The van der Waals surface area contributed by atoms with Gasteiger partial charge in [0.25, 0.3) is 5.91 Å². The first-order valence-electron chi connectivity index (χ1n) is 11.5. The highest BCUT2D eigenvalue weighted by Crippen LogP contribution is 2.24. The van der Waals surface area contributed by atoms with Gasteiger partial charge in [0.05, 0.1) is 23.5 Å². The number of carbonyl (C=O) groups is 2. The third-order valence-electron chi connectivity index (χ3n) is 5.35. The molecule has 3 aromatic heterocycles. The van der Waals surface area contributed by atoms with E-state index < -0.39 is 5.97 Å². The fourth-order valence-electron chi connectivity index (χ4n) is 3.67. The number of esters is 1. The molecule has 0 bridgehead atoms. The average Bonchev–Trinajstić information content (AvgIpc) is 3.58. The highest BCUT2D eigenvalue weighted by Gasteiger charge is 2.16. The number of halogens is 1. The van der Waals surface area contributed by atoms with E-state index in [4.69, 9.17) is 9.15 Å². The smallest absolute Gasteiger partial charge is 0.336 e. The Kier molecular flexibility index (Phi) is 7.51. The largest absolute Gasteiger partial charge is 0.465 e. The van der Waals surface area contributed by atoms with Gasteiger partial charge in [0.1, 0.15) is 23.7 Å². The van der Waals surface area contributed by atoms with E-state index in [-0.39, 0.29) is 18.2 Å².